The summed E-state index contributed by atoms with van der Waals surface area (Å²) in [6.07, 6.45) is 3.41. The molecule has 0 bridgehead atoms. The lowest BCUT2D eigenvalue weighted by Gasteiger charge is -2.14. The minimum absolute atomic E-state index is 0.490. The first-order chi connectivity index (χ1) is 8.13. The number of nitrogens with zero attached hydrogens (tertiary/aromatic N) is 3. The largest absolute Gasteiger partial charge is 0.472 e. The van der Waals surface area contributed by atoms with Gasteiger partial charge < -0.3 is 4.42 Å². The second-order valence-electron chi connectivity index (χ2n) is 4.05. The van der Waals surface area contributed by atoms with Crippen LogP contribution in [0.2, 0.25) is 5.15 Å². The fraction of sp³-hybridized carbons (Fsp3) is 0.333. The maximum absolute atomic E-state index is 5.89. The summed E-state index contributed by atoms with van der Waals surface area (Å²) in [4.78, 5) is 10.6. The summed E-state index contributed by atoms with van der Waals surface area (Å²) in [5.41, 5.74) is 2.02. The van der Waals surface area contributed by atoms with E-state index in [0.717, 1.165) is 23.6 Å². The molecule has 2 aromatic rings. The molecular formula is C12H14ClN3O. The van der Waals surface area contributed by atoms with E-state index < -0.39 is 0 Å². The van der Waals surface area contributed by atoms with Gasteiger partial charge in [-0.05, 0) is 26.1 Å². The summed E-state index contributed by atoms with van der Waals surface area (Å²) in [7, 11) is 2.01. The average molecular weight is 252 g/mol. The molecule has 0 unspecified atom stereocenters. The fourth-order valence-electron chi connectivity index (χ4n) is 1.65. The third kappa shape index (κ3) is 3.54. The van der Waals surface area contributed by atoms with Crippen molar-refractivity contribution in [3.63, 3.8) is 0 Å². The standard InChI is InChI=1S/C12H14ClN3O/c1-9-5-11(13)15-12(14-9)7-16(2)6-10-3-4-17-8-10/h3-5,8H,6-7H2,1-2H3. The molecule has 0 spiro atoms. The number of furan rings is 1. The SMILES string of the molecule is Cc1cc(Cl)nc(CN(C)Cc2ccoc2)n1. The first-order valence-electron chi connectivity index (χ1n) is 5.33. The Labute approximate surface area is 105 Å². The van der Waals surface area contributed by atoms with Crippen LogP contribution >= 0.6 is 11.6 Å². The van der Waals surface area contributed by atoms with Crippen LogP contribution in [0, 0.1) is 6.92 Å². The van der Waals surface area contributed by atoms with E-state index in [1.54, 1.807) is 18.6 Å². The molecule has 0 N–H and O–H groups in total. The highest BCUT2D eigenvalue weighted by Crippen LogP contribution is 2.10. The van der Waals surface area contributed by atoms with Gasteiger partial charge in [-0.3, -0.25) is 4.90 Å². The molecule has 0 saturated carbocycles. The van der Waals surface area contributed by atoms with Crippen LogP contribution in [-0.2, 0) is 13.1 Å². The summed E-state index contributed by atoms with van der Waals surface area (Å²) in [6, 6.07) is 3.70. The minimum atomic E-state index is 0.490. The number of aromatic nitrogens is 2. The van der Waals surface area contributed by atoms with Crippen molar-refractivity contribution in [3.05, 3.63) is 46.9 Å². The molecule has 0 aliphatic heterocycles. The molecule has 2 aromatic heterocycles. The summed E-state index contributed by atoms with van der Waals surface area (Å²) in [6.45, 7) is 3.37. The molecule has 0 aliphatic rings. The van der Waals surface area contributed by atoms with Gasteiger partial charge in [-0.15, -0.1) is 0 Å². The molecule has 0 radical (unpaired) electrons. The van der Waals surface area contributed by atoms with E-state index in [2.05, 4.69) is 14.9 Å². The first kappa shape index (κ1) is 12.1. The Hall–Kier alpha value is -1.39. The zero-order valence-corrected chi connectivity index (χ0v) is 10.6. The van der Waals surface area contributed by atoms with Crippen molar-refractivity contribution in [1.82, 2.24) is 14.9 Å². The van der Waals surface area contributed by atoms with Crippen LogP contribution in [0.3, 0.4) is 0 Å². The van der Waals surface area contributed by atoms with Crippen molar-refractivity contribution in [2.75, 3.05) is 7.05 Å². The Kier molecular flexibility index (Phi) is 3.76. The Morgan fingerprint density at radius 3 is 2.82 bits per heavy atom. The van der Waals surface area contributed by atoms with Gasteiger partial charge in [0.2, 0.25) is 0 Å². The van der Waals surface area contributed by atoms with E-state index in [4.69, 9.17) is 16.0 Å². The van der Waals surface area contributed by atoms with E-state index in [-0.39, 0.29) is 0 Å². The molecule has 17 heavy (non-hydrogen) atoms. The van der Waals surface area contributed by atoms with Gasteiger partial charge in [0.15, 0.2) is 0 Å². The Morgan fingerprint density at radius 2 is 2.18 bits per heavy atom. The van der Waals surface area contributed by atoms with Crippen LogP contribution in [0.5, 0.6) is 0 Å². The van der Waals surface area contributed by atoms with Gasteiger partial charge in [-0.1, -0.05) is 11.6 Å². The van der Waals surface area contributed by atoms with Gasteiger partial charge in [0.25, 0.3) is 0 Å². The molecule has 0 aliphatic carbocycles. The number of rotatable bonds is 4. The smallest absolute Gasteiger partial charge is 0.144 e. The van der Waals surface area contributed by atoms with Crippen molar-refractivity contribution in [3.8, 4) is 0 Å². The average Bonchev–Trinajstić information content (AvgIpc) is 2.67. The van der Waals surface area contributed by atoms with Gasteiger partial charge in [-0.25, -0.2) is 9.97 Å². The maximum Gasteiger partial charge on any atom is 0.144 e. The topological polar surface area (TPSA) is 42.2 Å². The molecule has 2 rings (SSSR count). The zero-order chi connectivity index (χ0) is 12.3. The number of halogens is 1. The van der Waals surface area contributed by atoms with Crippen LogP contribution in [0.4, 0.5) is 0 Å². The summed E-state index contributed by atoms with van der Waals surface area (Å²) in [5, 5.41) is 0.490. The second-order valence-corrected chi connectivity index (χ2v) is 4.44. The number of aryl methyl sites for hydroxylation is 1. The lowest BCUT2D eigenvalue weighted by atomic mass is 10.3. The Bertz CT molecular complexity index is 464. The summed E-state index contributed by atoms with van der Waals surface area (Å²) in [5.74, 6) is 0.737. The summed E-state index contributed by atoms with van der Waals surface area (Å²) < 4.78 is 5.02. The quantitative estimate of drug-likeness (QED) is 0.784. The molecule has 0 atom stereocenters. The molecule has 0 saturated heterocycles. The van der Waals surface area contributed by atoms with Gasteiger partial charge >= 0.3 is 0 Å². The van der Waals surface area contributed by atoms with Gasteiger partial charge in [0, 0.05) is 17.8 Å². The minimum Gasteiger partial charge on any atom is -0.472 e. The molecule has 4 nitrogen and oxygen atoms in total. The normalized spacial score (nSPS) is 11.1. The molecule has 90 valence electrons. The predicted molar refractivity (Wildman–Crippen MR) is 65.7 cm³/mol. The van der Waals surface area contributed by atoms with Gasteiger partial charge in [0.1, 0.15) is 11.0 Å². The predicted octanol–water partition coefficient (Wildman–Crippen LogP) is 2.66. The van der Waals surface area contributed by atoms with E-state index in [0.29, 0.717) is 11.7 Å². The lowest BCUT2D eigenvalue weighted by Crippen LogP contribution is -2.18. The zero-order valence-electron chi connectivity index (χ0n) is 9.85. The van der Waals surface area contributed by atoms with Crippen LogP contribution in [0.1, 0.15) is 17.1 Å². The van der Waals surface area contributed by atoms with Crippen molar-refractivity contribution >= 4 is 11.6 Å². The highest BCUT2D eigenvalue weighted by molar-refractivity contribution is 6.29. The fourth-order valence-corrected chi connectivity index (χ4v) is 1.91. The maximum atomic E-state index is 5.89. The van der Waals surface area contributed by atoms with Crippen molar-refractivity contribution in [2.45, 2.75) is 20.0 Å². The molecule has 0 aromatic carbocycles. The number of hydrogen-bond donors (Lipinski definition) is 0. The number of hydrogen-bond acceptors (Lipinski definition) is 4. The van der Waals surface area contributed by atoms with E-state index in [1.807, 2.05) is 20.0 Å². The Balaban J connectivity index is 2.00. The van der Waals surface area contributed by atoms with Crippen molar-refractivity contribution < 1.29 is 4.42 Å². The molecular weight excluding hydrogens is 238 g/mol. The molecule has 0 fully saturated rings. The van der Waals surface area contributed by atoms with E-state index in [1.165, 1.54) is 0 Å². The second kappa shape index (κ2) is 5.29. The third-order valence-electron chi connectivity index (χ3n) is 2.31. The van der Waals surface area contributed by atoms with Crippen LogP contribution in [0.25, 0.3) is 0 Å². The lowest BCUT2D eigenvalue weighted by molar-refractivity contribution is 0.309. The monoisotopic (exact) mass is 251 g/mol. The Morgan fingerprint density at radius 1 is 1.35 bits per heavy atom. The van der Waals surface area contributed by atoms with Crippen molar-refractivity contribution in [1.29, 1.82) is 0 Å². The van der Waals surface area contributed by atoms with E-state index in [9.17, 15) is 0 Å². The molecule has 2 heterocycles. The molecule has 5 heteroatoms. The van der Waals surface area contributed by atoms with Crippen LogP contribution in [-0.4, -0.2) is 21.9 Å². The van der Waals surface area contributed by atoms with Gasteiger partial charge in [0.05, 0.1) is 19.1 Å². The third-order valence-corrected chi connectivity index (χ3v) is 2.51. The summed E-state index contributed by atoms with van der Waals surface area (Å²) >= 11 is 5.89. The van der Waals surface area contributed by atoms with Crippen LogP contribution < -0.4 is 0 Å². The van der Waals surface area contributed by atoms with E-state index >= 15 is 0 Å². The van der Waals surface area contributed by atoms with Crippen molar-refractivity contribution in [2.24, 2.45) is 0 Å². The highest BCUT2D eigenvalue weighted by atomic mass is 35.5. The highest BCUT2D eigenvalue weighted by Gasteiger charge is 2.06. The van der Waals surface area contributed by atoms with Crippen LogP contribution in [0.15, 0.2) is 29.1 Å². The molecule has 0 amide bonds. The van der Waals surface area contributed by atoms with Gasteiger partial charge in [-0.2, -0.15) is 0 Å². The first-order valence-corrected chi connectivity index (χ1v) is 5.71.